The molecule has 1 heteroatoms. The second-order valence-corrected chi connectivity index (χ2v) is 6.51. The van der Waals surface area contributed by atoms with Gasteiger partial charge in [0.15, 0.2) is 0 Å². The van der Waals surface area contributed by atoms with Crippen molar-refractivity contribution in [3.8, 4) is 0 Å². The summed E-state index contributed by atoms with van der Waals surface area (Å²) in [7, 11) is 0. The highest BCUT2D eigenvalue weighted by atomic mass is 35.5. The van der Waals surface area contributed by atoms with Gasteiger partial charge in [-0.1, -0.05) is 46.6 Å². The first-order valence-corrected chi connectivity index (χ1v) is 8.65. The second-order valence-electron chi connectivity index (χ2n) is 6.20. The topological polar surface area (TPSA) is 0 Å². The van der Waals surface area contributed by atoms with Crippen molar-refractivity contribution in [3.05, 3.63) is 46.6 Å². The molecule has 0 aromatic rings. The largest absolute Gasteiger partial charge is 0.122 e. The van der Waals surface area contributed by atoms with Crippen LogP contribution in [-0.4, -0.2) is 5.88 Å². The third-order valence-electron chi connectivity index (χ3n) is 3.58. The maximum Gasteiger partial charge on any atom is 0.0406 e. The van der Waals surface area contributed by atoms with E-state index in [1.807, 2.05) is 0 Å². The lowest BCUT2D eigenvalue weighted by molar-refractivity contribution is 0.899. The Bertz CT molecular complexity index is 390. The van der Waals surface area contributed by atoms with E-state index in [2.05, 4.69) is 58.9 Å². The summed E-state index contributed by atoms with van der Waals surface area (Å²) in [6, 6.07) is 0. The number of allylic oxidation sites excluding steroid dienone is 8. The van der Waals surface area contributed by atoms with Crippen LogP contribution in [-0.2, 0) is 0 Å². The highest BCUT2D eigenvalue weighted by Crippen LogP contribution is 2.13. The normalized spacial score (nSPS) is 13.5. The molecule has 0 aromatic heterocycles. The third-order valence-corrected chi connectivity index (χ3v) is 3.73. The fraction of sp³-hybridized carbons (Fsp3) is 0.600. The Labute approximate surface area is 137 Å². The van der Waals surface area contributed by atoms with Crippen LogP contribution in [0.3, 0.4) is 0 Å². The summed E-state index contributed by atoms with van der Waals surface area (Å²) >= 11 is 5.69. The van der Waals surface area contributed by atoms with Gasteiger partial charge in [0, 0.05) is 5.88 Å². The molecule has 0 bridgehead atoms. The van der Waals surface area contributed by atoms with E-state index in [9.17, 15) is 0 Å². The predicted octanol–water partition coefficient (Wildman–Crippen LogP) is 7.37. The summed E-state index contributed by atoms with van der Waals surface area (Å²) in [4.78, 5) is 0. The summed E-state index contributed by atoms with van der Waals surface area (Å²) in [6.45, 7) is 11.0. The molecule has 21 heavy (non-hydrogen) atoms. The van der Waals surface area contributed by atoms with Crippen molar-refractivity contribution in [1.82, 2.24) is 0 Å². The molecule has 0 fully saturated rings. The Kier molecular flexibility index (Phi) is 12.5. The smallest absolute Gasteiger partial charge is 0.0406 e. The van der Waals surface area contributed by atoms with E-state index in [0.717, 1.165) is 12.8 Å². The van der Waals surface area contributed by atoms with E-state index < -0.39 is 0 Å². The van der Waals surface area contributed by atoms with E-state index >= 15 is 0 Å². The molecule has 0 amide bonds. The van der Waals surface area contributed by atoms with E-state index in [1.165, 1.54) is 48.0 Å². The van der Waals surface area contributed by atoms with Gasteiger partial charge in [-0.3, -0.25) is 0 Å². The lowest BCUT2D eigenvalue weighted by Crippen LogP contribution is -1.82. The summed E-state index contributed by atoms with van der Waals surface area (Å²) < 4.78 is 0. The van der Waals surface area contributed by atoms with Crippen LogP contribution in [0.1, 0.15) is 73.1 Å². The number of hydrogen-bond acceptors (Lipinski definition) is 0. The van der Waals surface area contributed by atoms with E-state index in [0.29, 0.717) is 5.88 Å². The van der Waals surface area contributed by atoms with Crippen LogP contribution in [0.4, 0.5) is 0 Å². The Morgan fingerprint density at radius 2 is 1.00 bits per heavy atom. The Morgan fingerprint density at radius 3 is 1.38 bits per heavy atom. The first-order valence-electron chi connectivity index (χ1n) is 8.12. The van der Waals surface area contributed by atoms with Crippen molar-refractivity contribution in [1.29, 1.82) is 0 Å². The standard InChI is InChI=1S/C20H33Cl/c1-17(2)9-6-10-18(3)11-7-12-19(4)13-8-14-20(5)15-16-21/h9,11,13,15H,6-8,10,12,14,16H2,1-5H3/b18-11+,19-13-,20-15+. The first kappa shape index (κ1) is 20.2. The molecular weight excluding hydrogens is 276 g/mol. The van der Waals surface area contributed by atoms with Gasteiger partial charge in [0.05, 0.1) is 0 Å². The van der Waals surface area contributed by atoms with Crippen LogP contribution in [0, 0.1) is 0 Å². The van der Waals surface area contributed by atoms with Crippen molar-refractivity contribution in [2.24, 2.45) is 0 Å². The lowest BCUT2D eigenvalue weighted by atomic mass is 10.0. The Hall–Kier alpha value is -0.750. The average molecular weight is 309 g/mol. The summed E-state index contributed by atoms with van der Waals surface area (Å²) in [5.41, 5.74) is 5.83. The van der Waals surface area contributed by atoms with Crippen LogP contribution >= 0.6 is 11.6 Å². The van der Waals surface area contributed by atoms with Gasteiger partial charge in [0.1, 0.15) is 0 Å². The molecule has 0 aliphatic rings. The first-order chi connectivity index (χ1) is 9.95. The molecule has 0 unspecified atom stereocenters. The molecule has 120 valence electrons. The zero-order chi connectivity index (χ0) is 16.1. The van der Waals surface area contributed by atoms with Gasteiger partial charge in [-0.15, -0.1) is 11.6 Å². The molecule has 0 atom stereocenters. The van der Waals surface area contributed by atoms with Gasteiger partial charge in [0.25, 0.3) is 0 Å². The zero-order valence-corrected chi connectivity index (χ0v) is 15.4. The molecule has 0 radical (unpaired) electrons. The van der Waals surface area contributed by atoms with Gasteiger partial charge in [-0.2, -0.15) is 0 Å². The molecule has 0 rings (SSSR count). The monoisotopic (exact) mass is 308 g/mol. The fourth-order valence-electron chi connectivity index (χ4n) is 2.12. The van der Waals surface area contributed by atoms with Crippen molar-refractivity contribution in [2.75, 3.05) is 5.88 Å². The predicted molar refractivity (Wildman–Crippen MR) is 99.1 cm³/mol. The minimum absolute atomic E-state index is 0.630. The number of alkyl halides is 1. The molecule has 0 N–H and O–H groups in total. The second kappa shape index (κ2) is 13.0. The zero-order valence-electron chi connectivity index (χ0n) is 14.6. The third kappa shape index (κ3) is 14.0. The Morgan fingerprint density at radius 1 is 0.619 bits per heavy atom. The van der Waals surface area contributed by atoms with E-state index in [-0.39, 0.29) is 0 Å². The number of halogens is 1. The minimum atomic E-state index is 0.630. The molecule has 0 aliphatic heterocycles. The SMILES string of the molecule is CC(C)=CCC/C(C)=C/CC/C(C)=C\CC/C(C)=C/CCl. The van der Waals surface area contributed by atoms with E-state index in [1.54, 1.807) is 0 Å². The molecule has 0 aliphatic carbocycles. The molecule has 0 nitrogen and oxygen atoms in total. The van der Waals surface area contributed by atoms with Crippen molar-refractivity contribution in [2.45, 2.75) is 73.1 Å². The molecule has 0 saturated carbocycles. The summed E-state index contributed by atoms with van der Waals surface area (Å²) in [5.74, 6) is 0.630. The van der Waals surface area contributed by atoms with Gasteiger partial charge in [-0.05, 0) is 73.1 Å². The molecular formula is C20H33Cl. The van der Waals surface area contributed by atoms with Crippen LogP contribution in [0.15, 0.2) is 46.6 Å². The van der Waals surface area contributed by atoms with Crippen LogP contribution in [0.25, 0.3) is 0 Å². The average Bonchev–Trinajstić information content (AvgIpc) is 2.38. The van der Waals surface area contributed by atoms with Gasteiger partial charge in [0.2, 0.25) is 0 Å². The quantitative estimate of drug-likeness (QED) is 0.292. The highest BCUT2D eigenvalue weighted by Gasteiger charge is 1.93. The van der Waals surface area contributed by atoms with Crippen LogP contribution in [0.5, 0.6) is 0 Å². The maximum atomic E-state index is 5.69. The minimum Gasteiger partial charge on any atom is -0.122 e. The lowest BCUT2D eigenvalue weighted by Gasteiger charge is -2.02. The van der Waals surface area contributed by atoms with Gasteiger partial charge >= 0.3 is 0 Å². The van der Waals surface area contributed by atoms with Crippen molar-refractivity contribution < 1.29 is 0 Å². The van der Waals surface area contributed by atoms with Crippen molar-refractivity contribution >= 4 is 11.6 Å². The highest BCUT2D eigenvalue weighted by molar-refractivity contribution is 6.18. The fourth-order valence-corrected chi connectivity index (χ4v) is 2.38. The summed E-state index contributed by atoms with van der Waals surface area (Å²) in [6.07, 6.45) is 16.2. The molecule has 0 spiro atoms. The molecule has 0 heterocycles. The number of hydrogen-bond donors (Lipinski definition) is 0. The number of rotatable bonds is 10. The molecule has 0 saturated heterocycles. The maximum absolute atomic E-state index is 5.69. The van der Waals surface area contributed by atoms with Crippen LogP contribution < -0.4 is 0 Å². The van der Waals surface area contributed by atoms with Crippen molar-refractivity contribution in [3.63, 3.8) is 0 Å². The van der Waals surface area contributed by atoms with E-state index in [4.69, 9.17) is 11.6 Å². The Balaban J connectivity index is 3.93. The van der Waals surface area contributed by atoms with Gasteiger partial charge in [-0.25, -0.2) is 0 Å². The molecule has 0 aromatic carbocycles. The van der Waals surface area contributed by atoms with Gasteiger partial charge < -0.3 is 0 Å². The van der Waals surface area contributed by atoms with Crippen LogP contribution in [0.2, 0.25) is 0 Å². The summed E-state index contributed by atoms with van der Waals surface area (Å²) in [5, 5.41) is 0.